The number of carbonyl (C=O) groups is 1. The minimum absolute atomic E-state index is 0.0966. The number of ether oxygens (including phenoxy) is 1. The molecule has 20 heavy (non-hydrogen) atoms. The highest BCUT2D eigenvalue weighted by molar-refractivity contribution is 9.10. The second-order valence-electron chi connectivity index (χ2n) is 4.82. The van der Waals surface area contributed by atoms with Gasteiger partial charge in [-0.05, 0) is 54.3 Å². The molecule has 1 aliphatic rings. The van der Waals surface area contributed by atoms with Gasteiger partial charge in [-0.15, -0.1) is 0 Å². The van der Waals surface area contributed by atoms with Gasteiger partial charge in [0.05, 0.1) is 11.7 Å². The quantitative estimate of drug-likeness (QED) is 0.773. The fourth-order valence-corrected chi connectivity index (χ4v) is 2.49. The number of amides is 1. The maximum Gasteiger partial charge on any atom is 0.252 e. The zero-order valence-electron chi connectivity index (χ0n) is 11.4. The maximum atomic E-state index is 11.8. The van der Waals surface area contributed by atoms with Gasteiger partial charge in [0.1, 0.15) is 0 Å². The van der Waals surface area contributed by atoms with Crippen molar-refractivity contribution in [3.05, 3.63) is 28.5 Å². The van der Waals surface area contributed by atoms with Crippen molar-refractivity contribution >= 4 is 21.8 Å². The van der Waals surface area contributed by atoms with E-state index in [1.807, 2.05) is 0 Å². The molecule has 6 heteroatoms. The molecule has 5 nitrogen and oxygen atoms in total. The summed E-state index contributed by atoms with van der Waals surface area (Å²) in [5.41, 5.74) is 0.568. The first-order valence-corrected chi connectivity index (χ1v) is 7.76. The van der Waals surface area contributed by atoms with Gasteiger partial charge in [0.2, 0.25) is 0 Å². The molecule has 2 rings (SSSR count). The summed E-state index contributed by atoms with van der Waals surface area (Å²) in [4.78, 5) is 15.8. The average Bonchev–Trinajstić information content (AvgIpc) is 2.48. The second-order valence-corrected chi connectivity index (χ2v) is 5.74. The van der Waals surface area contributed by atoms with Crippen molar-refractivity contribution in [2.24, 2.45) is 0 Å². The Kier molecular flexibility index (Phi) is 6.42. The Labute approximate surface area is 127 Å². The van der Waals surface area contributed by atoms with Crippen LogP contribution < -0.4 is 10.6 Å². The Bertz CT molecular complexity index is 436. The van der Waals surface area contributed by atoms with E-state index in [1.54, 1.807) is 18.5 Å². The highest BCUT2D eigenvalue weighted by Gasteiger charge is 2.12. The number of hydrogen-bond acceptors (Lipinski definition) is 4. The van der Waals surface area contributed by atoms with Crippen LogP contribution in [0.15, 0.2) is 22.9 Å². The van der Waals surface area contributed by atoms with Gasteiger partial charge in [-0.1, -0.05) is 0 Å². The number of nitrogens with one attached hydrogen (secondary N) is 2. The van der Waals surface area contributed by atoms with Crippen LogP contribution in [0.4, 0.5) is 0 Å². The van der Waals surface area contributed by atoms with E-state index >= 15 is 0 Å². The first kappa shape index (κ1) is 15.4. The molecule has 0 saturated carbocycles. The molecule has 1 amide bonds. The van der Waals surface area contributed by atoms with Crippen molar-refractivity contribution in [1.29, 1.82) is 0 Å². The SMILES string of the molecule is O=C(NCCCOC1CCNCC1)c1cncc(Br)c1. The summed E-state index contributed by atoms with van der Waals surface area (Å²) in [6.07, 6.45) is 6.58. The van der Waals surface area contributed by atoms with Gasteiger partial charge in [0.15, 0.2) is 0 Å². The topological polar surface area (TPSA) is 63.2 Å². The Balaban J connectivity index is 1.59. The lowest BCUT2D eigenvalue weighted by atomic mass is 10.1. The molecular weight excluding hydrogens is 322 g/mol. The van der Waals surface area contributed by atoms with Crippen LogP contribution in [0.25, 0.3) is 0 Å². The Morgan fingerprint density at radius 1 is 1.45 bits per heavy atom. The van der Waals surface area contributed by atoms with E-state index in [9.17, 15) is 4.79 Å². The number of piperidine rings is 1. The van der Waals surface area contributed by atoms with Crippen molar-refractivity contribution in [2.75, 3.05) is 26.2 Å². The molecule has 2 heterocycles. The van der Waals surface area contributed by atoms with E-state index in [1.165, 1.54) is 0 Å². The lowest BCUT2D eigenvalue weighted by Gasteiger charge is -2.22. The number of pyridine rings is 1. The summed E-state index contributed by atoms with van der Waals surface area (Å²) < 4.78 is 6.58. The van der Waals surface area contributed by atoms with Crippen LogP contribution in [0.5, 0.6) is 0 Å². The Hall–Kier alpha value is -0.980. The van der Waals surface area contributed by atoms with Gasteiger partial charge in [0, 0.05) is 30.0 Å². The standard InChI is InChI=1S/C14H20BrN3O2/c15-12-8-11(9-17-10-12)14(19)18-4-1-7-20-13-2-5-16-6-3-13/h8-10,13,16H,1-7H2,(H,18,19). The molecule has 2 N–H and O–H groups in total. The van der Waals surface area contributed by atoms with Gasteiger partial charge >= 0.3 is 0 Å². The number of rotatable bonds is 6. The van der Waals surface area contributed by atoms with Crippen LogP contribution in [-0.2, 0) is 4.74 Å². The van der Waals surface area contributed by atoms with Gasteiger partial charge in [-0.25, -0.2) is 0 Å². The van der Waals surface area contributed by atoms with Crippen LogP contribution in [-0.4, -0.2) is 43.2 Å². The lowest BCUT2D eigenvalue weighted by molar-refractivity contribution is 0.0318. The third-order valence-electron chi connectivity index (χ3n) is 3.21. The smallest absolute Gasteiger partial charge is 0.252 e. The van der Waals surface area contributed by atoms with Crippen LogP contribution in [0.3, 0.4) is 0 Å². The summed E-state index contributed by atoms with van der Waals surface area (Å²) in [7, 11) is 0. The molecule has 110 valence electrons. The molecule has 1 saturated heterocycles. The lowest BCUT2D eigenvalue weighted by Crippen LogP contribution is -2.33. The largest absolute Gasteiger partial charge is 0.378 e. The third kappa shape index (κ3) is 5.19. The highest BCUT2D eigenvalue weighted by atomic mass is 79.9. The highest BCUT2D eigenvalue weighted by Crippen LogP contribution is 2.09. The predicted molar refractivity (Wildman–Crippen MR) is 80.7 cm³/mol. The second kappa shape index (κ2) is 8.34. The summed E-state index contributed by atoms with van der Waals surface area (Å²) in [5, 5.41) is 6.18. The van der Waals surface area contributed by atoms with E-state index < -0.39 is 0 Å². The van der Waals surface area contributed by atoms with Crippen molar-refractivity contribution in [3.63, 3.8) is 0 Å². The molecule has 1 aliphatic heterocycles. The first-order valence-electron chi connectivity index (χ1n) is 6.97. The number of carbonyl (C=O) groups excluding carboxylic acids is 1. The normalized spacial score (nSPS) is 16.1. The van der Waals surface area contributed by atoms with E-state index in [4.69, 9.17) is 4.74 Å². The molecule has 1 aromatic rings. The minimum atomic E-state index is -0.0966. The van der Waals surface area contributed by atoms with Crippen LogP contribution in [0.2, 0.25) is 0 Å². The summed E-state index contributed by atoms with van der Waals surface area (Å²) >= 11 is 3.30. The summed E-state index contributed by atoms with van der Waals surface area (Å²) in [5.74, 6) is -0.0966. The van der Waals surface area contributed by atoms with E-state index in [-0.39, 0.29) is 5.91 Å². The van der Waals surface area contributed by atoms with Crippen molar-refractivity contribution in [1.82, 2.24) is 15.6 Å². The molecular formula is C14H20BrN3O2. The number of nitrogens with zero attached hydrogens (tertiary/aromatic N) is 1. The number of aromatic nitrogens is 1. The fraction of sp³-hybridized carbons (Fsp3) is 0.571. The van der Waals surface area contributed by atoms with Gasteiger partial charge in [0.25, 0.3) is 5.91 Å². The summed E-state index contributed by atoms with van der Waals surface area (Å²) in [6.45, 7) is 3.40. The zero-order valence-corrected chi connectivity index (χ0v) is 13.0. The fourth-order valence-electron chi connectivity index (χ4n) is 2.12. The minimum Gasteiger partial charge on any atom is -0.378 e. The van der Waals surface area contributed by atoms with Crippen LogP contribution in [0.1, 0.15) is 29.6 Å². The molecule has 0 spiro atoms. The molecule has 0 atom stereocenters. The van der Waals surface area contributed by atoms with Crippen molar-refractivity contribution in [2.45, 2.75) is 25.4 Å². The molecule has 0 bridgehead atoms. The molecule has 1 fully saturated rings. The van der Waals surface area contributed by atoms with Gasteiger partial charge < -0.3 is 15.4 Å². The molecule has 0 unspecified atom stereocenters. The van der Waals surface area contributed by atoms with Crippen molar-refractivity contribution < 1.29 is 9.53 Å². The van der Waals surface area contributed by atoms with Gasteiger partial charge in [-0.2, -0.15) is 0 Å². The van der Waals surface area contributed by atoms with E-state index in [2.05, 4.69) is 31.5 Å². The Morgan fingerprint density at radius 2 is 2.25 bits per heavy atom. The van der Waals surface area contributed by atoms with Crippen LogP contribution >= 0.6 is 15.9 Å². The number of halogens is 1. The van der Waals surface area contributed by atoms with Gasteiger partial charge in [-0.3, -0.25) is 9.78 Å². The molecule has 0 aliphatic carbocycles. The summed E-state index contributed by atoms with van der Waals surface area (Å²) in [6, 6.07) is 1.76. The number of hydrogen-bond donors (Lipinski definition) is 2. The van der Waals surface area contributed by atoms with Crippen LogP contribution in [0, 0.1) is 0 Å². The third-order valence-corrected chi connectivity index (χ3v) is 3.65. The predicted octanol–water partition coefficient (Wildman–Crippen LogP) is 1.73. The Morgan fingerprint density at radius 3 is 3.00 bits per heavy atom. The molecule has 0 aromatic carbocycles. The van der Waals surface area contributed by atoms with E-state index in [0.717, 1.165) is 36.8 Å². The zero-order chi connectivity index (χ0) is 14.2. The maximum absolute atomic E-state index is 11.8. The monoisotopic (exact) mass is 341 g/mol. The van der Waals surface area contributed by atoms with E-state index in [0.29, 0.717) is 24.8 Å². The average molecular weight is 342 g/mol. The first-order chi connectivity index (χ1) is 9.75. The van der Waals surface area contributed by atoms with Crippen molar-refractivity contribution in [3.8, 4) is 0 Å². The molecule has 1 aromatic heterocycles. The molecule has 0 radical (unpaired) electrons.